The van der Waals surface area contributed by atoms with Crippen LogP contribution in [0.2, 0.25) is 0 Å². The third-order valence-electron chi connectivity index (χ3n) is 12.3. The smallest absolute Gasteiger partial charge is 0.270 e. The summed E-state index contributed by atoms with van der Waals surface area (Å²) in [4.78, 5) is 35.5. The molecule has 7 nitrogen and oxygen atoms in total. The zero-order valence-electron chi connectivity index (χ0n) is 24.6. The van der Waals surface area contributed by atoms with Crippen LogP contribution in [-0.4, -0.2) is 57.0 Å². The van der Waals surface area contributed by atoms with E-state index in [0.29, 0.717) is 47.9 Å². The Kier molecular flexibility index (Phi) is 7.56. The van der Waals surface area contributed by atoms with E-state index in [0.717, 1.165) is 49.9 Å². The summed E-state index contributed by atoms with van der Waals surface area (Å²) in [5, 5.41) is 13.3. The Morgan fingerprint density at radius 1 is 1.15 bits per heavy atom. The van der Waals surface area contributed by atoms with Gasteiger partial charge in [0.2, 0.25) is 5.91 Å². The highest BCUT2D eigenvalue weighted by Crippen LogP contribution is 2.67. The summed E-state index contributed by atoms with van der Waals surface area (Å²) in [6.45, 7) is 8.78. The molecular formula is C33H48N4O3. The van der Waals surface area contributed by atoms with E-state index in [9.17, 15) is 14.7 Å². The van der Waals surface area contributed by atoms with Gasteiger partial charge in [-0.3, -0.25) is 9.59 Å². The summed E-state index contributed by atoms with van der Waals surface area (Å²) in [7, 11) is 0. The van der Waals surface area contributed by atoms with E-state index in [1.807, 2.05) is 4.90 Å². The fourth-order valence-corrected chi connectivity index (χ4v) is 10.1. The molecule has 6 rings (SSSR count). The molecule has 1 saturated heterocycles. The van der Waals surface area contributed by atoms with Crippen LogP contribution in [0.5, 0.6) is 0 Å². The summed E-state index contributed by atoms with van der Waals surface area (Å²) >= 11 is 0. The molecule has 2 N–H and O–H groups in total. The number of hydrogen-bond donors (Lipinski definition) is 2. The maximum Gasteiger partial charge on any atom is 0.270 e. The maximum absolute atomic E-state index is 13.2. The standard InChI is InChI=1S/C33H48N4O3/c1-21(4-9-30(39)37-17-13-23(19-37)36-31(40)29-12-16-34-20-35-29)26-7-8-27-25-6-5-22-18-24(38)10-14-32(22,2)28(25)11-15-33(26,27)3/h5,12,16,20-21,23-28,38H,4,6-11,13-15,17-19H2,1-3H3,(H,36,40)/t21?,23-,24-,25-,26+,27-,28-,32-,33+/m0/s1. The number of aliphatic hydroxyl groups is 1. The third kappa shape index (κ3) is 4.90. The van der Waals surface area contributed by atoms with Crippen LogP contribution in [0, 0.1) is 40.4 Å². The molecule has 0 bridgehead atoms. The number of carbonyl (C=O) groups is 2. The number of nitrogens with zero attached hydrogens (tertiary/aromatic N) is 3. The number of nitrogens with one attached hydrogen (secondary N) is 1. The van der Waals surface area contributed by atoms with Gasteiger partial charge in [0, 0.05) is 31.7 Å². The van der Waals surface area contributed by atoms with Gasteiger partial charge in [-0.2, -0.15) is 0 Å². The average molecular weight is 549 g/mol. The van der Waals surface area contributed by atoms with Crippen molar-refractivity contribution in [1.82, 2.24) is 20.2 Å². The van der Waals surface area contributed by atoms with E-state index < -0.39 is 0 Å². The minimum Gasteiger partial charge on any atom is -0.393 e. The first-order valence-electron chi connectivity index (χ1n) is 15.9. The van der Waals surface area contributed by atoms with Crippen molar-refractivity contribution in [2.75, 3.05) is 13.1 Å². The van der Waals surface area contributed by atoms with E-state index in [2.05, 4.69) is 42.1 Å². The molecule has 9 atom stereocenters. The van der Waals surface area contributed by atoms with Gasteiger partial charge in [0.1, 0.15) is 12.0 Å². The van der Waals surface area contributed by atoms with Crippen molar-refractivity contribution in [3.05, 3.63) is 35.9 Å². The molecule has 40 heavy (non-hydrogen) atoms. The van der Waals surface area contributed by atoms with Crippen molar-refractivity contribution in [1.29, 1.82) is 0 Å². The van der Waals surface area contributed by atoms with Crippen LogP contribution in [0.25, 0.3) is 0 Å². The molecule has 2 heterocycles. The molecule has 0 spiro atoms. The van der Waals surface area contributed by atoms with Crippen LogP contribution >= 0.6 is 0 Å². The monoisotopic (exact) mass is 548 g/mol. The van der Waals surface area contributed by atoms with Crippen molar-refractivity contribution < 1.29 is 14.7 Å². The topological polar surface area (TPSA) is 95.4 Å². The van der Waals surface area contributed by atoms with Crippen LogP contribution < -0.4 is 5.32 Å². The fourth-order valence-electron chi connectivity index (χ4n) is 10.1. The lowest BCUT2D eigenvalue weighted by atomic mass is 9.47. The zero-order valence-corrected chi connectivity index (χ0v) is 24.6. The number of aliphatic hydroxyl groups excluding tert-OH is 1. The second-order valence-corrected chi connectivity index (χ2v) is 14.3. The third-order valence-corrected chi connectivity index (χ3v) is 12.3. The molecule has 0 aromatic carbocycles. The molecule has 1 aromatic heterocycles. The number of allylic oxidation sites excluding steroid dienone is 1. The Morgan fingerprint density at radius 3 is 2.80 bits per heavy atom. The van der Waals surface area contributed by atoms with Gasteiger partial charge in [0.05, 0.1) is 6.10 Å². The number of carbonyl (C=O) groups excluding carboxylic acids is 2. The van der Waals surface area contributed by atoms with Gasteiger partial charge in [0.25, 0.3) is 5.91 Å². The van der Waals surface area contributed by atoms with Crippen LogP contribution in [0.1, 0.15) is 102 Å². The number of hydrogen-bond acceptors (Lipinski definition) is 5. The Balaban J connectivity index is 1.02. The number of likely N-dealkylation sites (tertiary alicyclic amines) is 1. The maximum atomic E-state index is 13.2. The molecule has 1 unspecified atom stereocenters. The first kappa shape index (κ1) is 27.9. The molecule has 0 radical (unpaired) electrons. The predicted octanol–water partition coefficient (Wildman–Crippen LogP) is 5.16. The van der Waals surface area contributed by atoms with Gasteiger partial charge in [-0.1, -0.05) is 32.4 Å². The minimum atomic E-state index is -0.200. The second-order valence-electron chi connectivity index (χ2n) is 14.3. The molecule has 4 fully saturated rings. The first-order chi connectivity index (χ1) is 19.2. The van der Waals surface area contributed by atoms with Crippen molar-refractivity contribution in [2.24, 2.45) is 40.4 Å². The Hall–Kier alpha value is -2.28. The quantitative estimate of drug-likeness (QED) is 0.479. The van der Waals surface area contributed by atoms with Gasteiger partial charge >= 0.3 is 0 Å². The minimum absolute atomic E-state index is 0.0205. The Labute approximate surface area is 239 Å². The summed E-state index contributed by atoms with van der Waals surface area (Å²) in [6, 6.07) is 1.59. The molecule has 218 valence electrons. The lowest BCUT2D eigenvalue weighted by Gasteiger charge is -2.58. The molecule has 7 heteroatoms. The summed E-state index contributed by atoms with van der Waals surface area (Å²) in [6.07, 6.45) is 17.1. The molecule has 3 saturated carbocycles. The number of amides is 2. The number of rotatable bonds is 6. The zero-order chi connectivity index (χ0) is 28.1. The lowest BCUT2D eigenvalue weighted by Crippen LogP contribution is -2.50. The highest BCUT2D eigenvalue weighted by atomic mass is 16.3. The molecule has 1 aliphatic heterocycles. The number of fused-ring (bicyclic) bond motifs is 5. The largest absolute Gasteiger partial charge is 0.393 e. The van der Waals surface area contributed by atoms with Crippen molar-refractivity contribution in [2.45, 2.75) is 104 Å². The van der Waals surface area contributed by atoms with E-state index in [4.69, 9.17) is 0 Å². The van der Waals surface area contributed by atoms with Gasteiger partial charge in [0.15, 0.2) is 0 Å². The lowest BCUT2D eigenvalue weighted by molar-refractivity contribution is -0.130. The average Bonchev–Trinajstić information content (AvgIpc) is 3.56. The molecule has 4 aliphatic carbocycles. The van der Waals surface area contributed by atoms with Gasteiger partial charge < -0.3 is 15.3 Å². The van der Waals surface area contributed by atoms with E-state index in [1.165, 1.54) is 38.4 Å². The highest BCUT2D eigenvalue weighted by molar-refractivity contribution is 5.92. The molecule has 1 aromatic rings. The van der Waals surface area contributed by atoms with Crippen molar-refractivity contribution in [3.8, 4) is 0 Å². The van der Waals surface area contributed by atoms with Crippen LogP contribution in [0.4, 0.5) is 0 Å². The van der Waals surface area contributed by atoms with Gasteiger partial charge in [-0.05, 0) is 111 Å². The van der Waals surface area contributed by atoms with Crippen molar-refractivity contribution in [3.63, 3.8) is 0 Å². The van der Waals surface area contributed by atoms with E-state index in [1.54, 1.807) is 17.8 Å². The normalized spacial score (nSPS) is 39.5. The molecule has 5 aliphatic rings. The summed E-state index contributed by atoms with van der Waals surface area (Å²) < 4.78 is 0. The van der Waals surface area contributed by atoms with E-state index >= 15 is 0 Å². The molecule has 2 amide bonds. The van der Waals surface area contributed by atoms with Crippen LogP contribution in [0.15, 0.2) is 30.2 Å². The number of aromatic nitrogens is 2. The summed E-state index contributed by atoms with van der Waals surface area (Å²) in [5.74, 6) is 3.60. The Bertz CT molecular complexity index is 1140. The Morgan fingerprint density at radius 2 is 2.00 bits per heavy atom. The van der Waals surface area contributed by atoms with E-state index in [-0.39, 0.29) is 24.0 Å². The highest BCUT2D eigenvalue weighted by Gasteiger charge is 2.59. The first-order valence-corrected chi connectivity index (χ1v) is 15.9. The van der Waals surface area contributed by atoms with Crippen molar-refractivity contribution >= 4 is 11.8 Å². The predicted molar refractivity (Wildman–Crippen MR) is 154 cm³/mol. The van der Waals surface area contributed by atoms with Gasteiger partial charge in [-0.25, -0.2) is 9.97 Å². The molecular weight excluding hydrogens is 500 g/mol. The van der Waals surface area contributed by atoms with Gasteiger partial charge in [-0.15, -0.1) is 0 Å². The fraction of sp³-hybridized carbons (Fsp3) is 0.758. The SMILES string of the molecule is CC(CCC(=O)N1CC[C@H](NC(=O)c2ccncn2)C1)[C@H]1CC[C@H]2[C@@H]3CC=C4C[C@@H](O)CC[C@]4(C)[C@H]3CC[C@]12C. The second kappa shape index (κ2) is 10.8. The van der Waals surface area contributed by atoms with Crippen LogP contribution in [-0.2, 0) is 4.79 Å². The van der Waals surface area contributed by atoms with Crippen LogP contribution in [0.3, 0.4) is 0 Å². The summed E-state index contributed by atoms with van der Waals surface area (Å²) in [5.41, 5.74) is 2.59.